The van der Waals surface area contributed by atoms with E-state index in [1.165, 1.54) is 5.06 Å². The van der Waals surface area contributed by atoms with Gasteiger partial charge in [-0.25, -0.2) is 5.06 Å². The van der Waals surface area contributed by atoms with Crippen molar-refractivity contribution in [1.82, 2.24) is 0 Å². The lowest BCUT2D eigenvalue weighted by molar-refractivity contribution is 0.237. The van der Waals surface area contributed by atoms with Crippen LogP contribution in [0, 0.1) is 0 Å². The summed E-state index contributed by atoms with van der Waals surface area (Å²) in [7, 11) is 0. The molecule has 1 aliphatic heterocycles. The van der Waals surface area contributed by atoms with E-state index in [2.05, 4.69) is 15.9 Å². The SMILES string of the molecule is CC1C=Cc2cc(Br)ccc2N1O. The highest BCUT2D eigenvalue weighted by Crippen LogP contribution is 2.29. The lowest BCUT2D eigenvalue weighted by Gasteiger charge is -2.27. The van der Waals surface area contributed by atoms with E-state index in [9.17, 15) is 5.21 Å². The van der Waals surface area contributed by atoms with Crippen LogP contribution < -0.4 is 5.06 Å². The molecular weight excluding hydrogens is 230 g/mol. The van der Waals surface area contributed by atoms with Gasteiger partial charge in [-0.05, 0) is 25.1 Å². The van der Waals surface area contributed by atoms with Gasteiger partial charge < -0.3 is 0 Å². The van der Waals surface area contributed by atoms with Gasteiger partial charge in [0.15, 0.2) is 0 Å². The van der Waals surface area contributed by atoms with Crippen LogP contribution >= 0.6 is 15.9 Å². The maximum absolute atomic E-state index is 9.69. The van der Waals surface area contributed by atoms with Crippen LogP contribution in [0.15, 0.2) is 28.7 Å². The molecule has 2 rings (SSSR count). The van der Waals surface area contributed by atoms with E-state index in [1.54, 1.807) is 0 Å². The van der Waals surface area contributed by atoms with Crippen LogP contribution in [0.1, 0.15) is 12.5 Å². The number of benzene rings is 1. The lowest BCUT2D eigenvalue weighted by atomic mass is 10.1. The first-order valence-corrected chi connectivity index (χ1v) is 4.93. The van der Waals surface area contributed by atoms with Crippen molar-refractivity contribution in [3.63, 3.8) is 0 Å². The van der Waals surface area contributed by atoms with Gasteiger partial charge in [-0.3, -0.25) is 5.21 Å². The Kier molecular flexibility index (Phi) is 2.14. The normalized spacial score (nSPS) is 20.2. The highest BCUT2D eigenvalue weighted by atomic mass is 79.9. The van der Waals surface area contributed by atoms with Crippen LogP contribution in [-0.2, 0) is 0 Å². The number of fused-ring (bicyclic) bond motifs is 1. The minimum absolute atomic E-state index is 0.0497. The monoisotopic (exact) mass is 239 g/mol. The maximum Gasteiger partial charge on any atom is 0.0719 e. The van der Waals surface area contributed by atoms with E-state index in [-0.39, 0.29) is 6.04 Å². The number of anilines is 1. The third kappa shape index (κ3) is 1.49. The summed E-state index contributed by atoms with van der Waals surface area (Å²) in [4.78, 5) is 0. The Morgan fingerprint density at radius 2 is 2.23 bits per heavy atom. The van der Waals surface area contributed by atoms with Crippen molar-refractivity contribution in [3.8, 4) is 0 Å². The van der Waals surface area contributed by atoms with Crippen molar-refractivity contribution < 1.29 is 5.21 Å². The van der Waals surface area contributed by atoms with Crippen molar-refractivity contribution in [2.75, 3.05) is 5.06 Å². The molecule has 1 heterocycles. The van der Waals surface area contributed by atoms with Crippen LogP contribution in [0.3, 0.4) is 0 Å². The topological polar surface area (TPSA) is 23.5 Å². The molecular formula is C10H10BrNO. The second kappa shape index (κ2) is 3.16. The summed E-state index contributed by atoms with van der Waals surface area (Å²) in [6.45, 7) is 1.95. The van der Waals surface area contributed by atoms with Gasteiger partial charge in [-0.15, -0.1) is 0 Å². The number of hydrogen-bond donors (Lipinski definition) is 1. The highest BCUT2D eigenvalue weighted by molar-refractivity contribution is 9.10. The van der Waals surface area contributed by atoms with E-state index in [4.69, 9.17) is 0 Å². The quantitative estimate of drug-likeness (QED) is 0.753. The Labute approximate surface area is 85.6 Å². The Bertz CT molecular complexity index is 362. The molecule has 0 spiro atoms. The molecule has 1 aromatic carbocycles. The first-order valence-electron chi connectivity index (χ1n) is 4.14. The van der Waals surface area contributed by atoms with Gasteiger partial charge in [-0.2, -0.15) is 0 Å². The van der Waals surface area contributed by atoms with E-state index in [1.807, 2.05) is 37.3 Å². The van der Waals surface area contributed by atoms with Gasteiger partial charge in [0, 0.05) is 10.0 Å². The summed E-state index contributed by atoms with van der Waals surface area (Å²) in [6.07, 6.45) is 3.99. The molecule has 3 heteroatoms. The fourth-order valence-corrected chi connectivity index (χ4v) is 1.79. The Morgan fingerprint density at radius 3 is 3.00 bits per heavy atom. The maximum atomic E-state index is 9.69. The van der Waals surface area contributed by atoms with E-state index >= 15 is 0 Å². The van der Waals surface area contributed by atoms with E-state index < -0.39 is 0 Å². The van der Waals surface area contributed by atoms with Gasteiger partial charge in [0.05, 0.1) is 11.7 Å². The van der Waals surface area contributed by atoms with Crippen molar-refractivity contribution >= 4 is 27.7 Å². The van der Waals surface area contributed by atoms with Crippen molar-refractivity contribution in [2.45, 2.75) is 13.0 Å². The first-order chi connectivity index (χ1) is 6.18. The van der Waals surface area contributed by atoms with Gasteiger partial charge in [0.25, 0.3) is 0 Å². The predicted molar refractivity (Wildman–Crippen MR) is 56.9 cm³/mol. The minimum atomic E-state index is 0.0497. The Hall–Kier alpha value is -0.800. The fourth-order valence-electron chi connectivity index (χ4n) is 1.41. The molecule has 1 atom stereocenters. The van der Waals surface area contributed by atoms with Crippen LogP contribution in [0.2, 0.25) is 0 Å². The van der Waals surface area contributed by atoms with Gasteiger partial charge >= 0.3 is 0 Å². The summed E-state index contributed by atoms with van der Waals surface area (Å²) >= 11 is 3.39. The number of hydroxylamine groups is 1. The molecule has 13 heavy (non-hydrogen) atoms. The molecule has 0 fully saturated rings. The molecule has 0 saturated carbocycles. The van der Waals surface area contributed by atoms with Crippen LogP contribution in [0.25, 0.3) is 6.08 Å². The average molecular weight is 240 g/mol. The zero-order valence-electron chi connectivity index (χ0n) is 7.24. The number of nitrogens with zero attached hydrogens (tertiary/aromatic N) is 1. The number of hydrogen-bond acceptors (Lipinski definition) is 2. The molecule has 1 aromatic rings. The largest absolute Gasteiger partial charge is 0.288 e. The average Bonchev–Trinajstić information content (AvgIpc) is 2.12. The molecule has 2 nitrogen and oxygen atoms in total. The van der Waals surface area contributed by atoms with Gasteiger partial charge in [0.2, 0.25) is 0 Å². The molecule has 0 amide bonds. The standard InChI is InChI=1S/C10H10BrNO/c1-7-2-3-8-6-9(11)4-5-10(8)12(7)13/h2-7,13H,1H3. The summed E-state index contributed by atoms with van der Waals surface area (Å²) in [5.74, 6) is 0. The summed E-state index contributed by atoms with van der Waals surface area (Å²) in [6, 6.07) is 5.86. The molecule has 0 saturated heterocycles. The number of halogens is 1. The third-order valence-corrected chi connectivity index (χ3v) is 2.67. The zero-order chi connectivity index (χ0) is 9.42. The van der Waals surface area contributed by atoms with Gasteiger partial charge in [-0.1, -0.05) is 28.1 Å². The second-order valence-corrected chi connectivity index (χ2v) is 4.06. The molecule has 0 bridgehead atoms. The zero-order valence-corrected chi connectivity index (χ0v) is 8.82. The minimum Gasteiger partial charge on any atom is -0.288 e. The summed E-state index contributed by atoms with van der Waals surface area (Å²) < 4.78 is 1.03. The molecule has 0 radical (unpaired) electrons. The number of rotatable bonds is 0. The smallest absolute Gasteiger partial charge is 0.0719 e. The molecule has 0 aliphatic carbocycles. The molecule has 1 unspecified atom stereocenters. The van der Waals surface area contributed by atoms with Crippen LogP contribution in [0.4, 0.5) is 5.69 Å². The molecule has 0 aromatic heterocycles. The van der Waals surface area contributed by atoms with Gasteiger partial charge in [0.1, 0.15) is 0 Å². The van der Waals surface area contributed by atoms with Crippen molar-refractivity contribution in [2.24, 2.45) is 0 Å². The van der Waals surface area contributed by atoms with Crippen LogP contribution in [-0.4, -0.2) is 11.2 Å². The summed E-state index contributed by atoms with van der Waals surface area (Å²) in [5.41, 5.74) is 1.90. The Balaban J connectivity index is 2.52. The lowest BCUT2D eigenvalue weighted by Crippen LogP contribution is -2.30. The van der Waals surface area contributed by atoms with Crippen molar-refractivity contribution in [1.29, 1.82) is 0 Å². The second-order valence-electron chi connectivity index (χ2n) is 3.15. The van der Waals surface area contributed by atoms with E-state index in [0.29, 0.717) is 0 Å². The molecule has 1 N–H and O–H groups in total. The first kappa shape index (κ1) is 8.78. The summed E-state index contributed by atoms with van der Waals surface area (Å²) in [5, 5.41) is 11.0. The molecule has 1 aliphatic rings. The Morgan fingerprint density at radius 1 is 1.46 bits per heavy atom. The predicted octanol–water partition coefficient (Wildman–Crippen LogP) is 3.06. The fraction of sp³-hybridized carbons (Fsp3) is 0.200. The third-order valence-electron chi connectivity index (χ3n) is 2.18. The van der Waals surface area contributed by atoms with E-state index in [0.717, 1.165) is 15.7 Å². The van der Waals surface area contributed by atoms with Crippen LogP contribution in [0.5, 0.6) is 0 Å². The highest BCUT2D eigenvalue weighted by Gasteiger charge is 2.16. The molecule has 68 valence electrons. The van der Waals surface area contributed by atoms with Crippen molar-refractivity contribution in [3.05, 3.63) is 34.3 Å².